The molecule has 7 heteroatoms. The second kappa shape index (κ2) is 4.99. The molecule has 1 aromatic rings. The average Bonchev–Trinajstić information content (AvgIpc) is 2.14. The Kier molecular flexibility index (Phi) is 4.12. The van der Waals surface area contributed by atoms with Crippen molar-refractivity contribution in [3.8, 4) is 5.75 Å². The number of benzene rings is 1. The SMILES string of the molecule is FC(F)c1c(CBr)cccc1OC(F)(F)F. The quantitative estimate of drug-likeness (QED) is 0.593. The van der Waals surface area contributed by atoms with Crippen LogP contribution in [-0.4, -0.2) is 6.36 Å². The number of rotatable bonds is 3. The van der Waals surface area contributed by atoms with Crippen LogP contribution in [-0.2, 0) is 5.33 Å². The van der Waals surface area contributed by atoms with Crippen LogP contribution in [0.5, 0.6) is 5.75 Å². The van der Waals surface area contributed by atoms with E-state index in [-0.39, 0.29) is 10.9 Å². The summed E-state index contributed by atoms with van der Waals surface area (Å²) in [6.45, 7) is 0. The van der Waals surface area contributed by atoms with Gasteiger partial charge < -0.3 is 4.74 Å². The fourth-order valence-corrected chi connectivity index (χ4v) is 1.66. The molecule has 1 rings (SSSR count). The molecule has 0 atom stereocenters. The Labute approximate surface area is 96.3 Å². The van der Waals surface area contributed by atoms with Crippen LogP contribution in [0.2, 0.25) is 0 Å². The smallest absolute Gasteiger partial charge is 0.405 e. The van der Waals surface area contributed by atoms with Gasteiger partial charge in [-0.15, -0.1) is 13.2 Å². The maximum absolute atomic E-state index is 12.6. The number of halogens is 6. The monoisotopic (exact) mass is 304 g/mol. The third-order valence-electron chi connectivity index (χ3n) is 1.74. The average molecular weight is 305 g/mol. The minimum absolute atomic E-state index is 0.0295. The lowest BCUT2D eigenvalue weighted by Crippen LogP contribution is -2.18. The minimum atomic E-state index is -4.98. The second-order valence-electron chi connectivity index (χ2n) is 2.81. The van der Waals surface area contributed by atoms with Crippen LogP contribution in [0.1, 0.15) is 17.6 Å². The summed E-state index contributed by atoms with van der Waals surface area (Å²) in [4.78, 5) is 0. The van der Waals surface area contributed by atoms with Gasteiger partial charge in [-0.2, -0.15) is 0 Å². The van der Waals surface area contributed by atoms with Gasteiger partial charge >= 0.3 is 6.36 Å². The maximum Gasteiger partial charge on any atom is 0.573 e. The van der Waals surface area contributed by atoms with Gasteiger partial charge in [-0.3, -0.25) is 0 Å². The number of ether oxygens (including phenoxy) is 1. The van der Waals surface area contributed by atoms with Crippen molar-refractivity contribution < 1.29 is 26.7 Å². The minimum Gasteiger partial charge on any atom is -0.405 e. The van der Waals surface area contributed by atoms with Crippen LogP contribution >= 0.6 is 15.9 Å². The van der Waals surface area contributed by atoms with Crippen molar-refractivity contribution in [2.45, 2.75) is 18.1 Å². The van der Waals surface area contributed by atoms with Crippen molar-refractivity contribution in [2.75, 3.05) is 0 Å². The van der Waals surface area contributed by atoms with Crippen molar-refractivity contribution in [1.82, 2.24) is 0 Å². The van der Waals surface area contributed by atoms with Crippen molar-refractivity contribution in [1.29, 1.82) is 0 Å². The molecule has 1 nitrogen and oxygen atoms in total. The molecule has 0 fully saturated rings. The van der Waals surface area contributed by atoms with Gasteiger partial charge in [-0.1, -0.05) is 28.1 Å². The Morgan fingerprint density at radius 3 is 2.31 bits per heavy atom. The molecule has 0 bridgehead atoms. The molecule has 1 aromatic carbocycles. The fraction of sp³-hybridized carbons (Fsp3) is 0.333. The normalized spacial score (nSPS) is 11.9. The first-order valence-corrected chi connectivity index (χ1v) is 5.19. The molecule has 0 unspecified atom stereocenters. The van der Waals surface area contributed by atoms with Gasteiger partial charge in [-0.05, 0) is 11.6 Å². The molecule has 0 spiro atoms. The second-order valence-corrected chi connectivity index (χ2v) is 3.37. The third-order valence-corrected chi connectivity index (χ3v) is 2.35. The highest BCUT2D eigenvalue weighted by Crippen LogP contribution is 2.36. The van der Waals surface area contributed by atoms with E-state index in [1.165, 1.54) is 12.1 Å². The summed E-state index contributed by atoms with van der Waals surface area (Å²) < 4.78 is 64.5. The van der Waals surface area contributed by atoms with Crippen LogP contribution < -0.4 is 4.74 Å². The van der Waals surface area contributed by atoms with Crippen molar-refractivity contribution in [2.24, 2.45) is 0 Å². The van der Waals surface area contributed by atoms with Gasteiger partial charge in [0.25, 0.3) is 6.43 Å². The van der Waals surface area contributed by atoms with E-state index < -0.39 is 24.1 Å². The number of hydrogen-bond acceptors (Lipinski definition) is 1. The van der Waals surface area contributed by atoms with Crippen LogP contribution in [0.25, 0.3) is 0 Å². The molecule has 0 amide bonds. The predicted octanol–water partition coefficient (Wildman–Crippen LogP) is 4.42. The third kappa shape index (κ3) is 3.33. The lowest BCUT2D eigenvalue weighted by Gasteiger charge is -2.15. The Bertz CT molecular complexity index is 363. The molecule has 90 valence electrons. The topological polar surface area (TPSA) is 9.23 Å². The molecule has 0 saturated heterocycles. The Morgan fingerprint density at radius 2 is 1.88 bits per heavy atom. The first kappa shape index (κ1) is 13.2. The standard InChI is InChI=1S/C9H6BrF5O/c10-4-5-2-1-3-6(7(5)8(11)12)16-9(13,14)15/h1-3,8H,4H2. The van der Waals surface area contributed by atoms with E-state index in [4.69, 9.17) is 0 Å². The van der Waals surface area contributed by atoms with Gasteiger partial charge in [0.15, 0.2) is 0 Å². The molecule has 0 aliphatic heterocycles. The Hall–Kier alpha value is -0.850. The van der Waals surface area contributed by atoms with Gasteiger partial charge in [0.2, 0.25) is 0 Å². The number of alkyl halides is 6. The van der Waals surface area contributed by atoms with E-state index in [9.17, 15) is 22.0 Å². The van der Waals surface area contributed by atoms with Crippen molar-refractivity contribution in [3.63, 3.8) is 0 Å². The molecular formula is C9H6BrF5O. The van der Waals surface area contributed by atoms with Crippen molar-refractivity contribution >= 4 is 15.9 Å². The zero-order chi connectivity index (χ0) is 12.3. The molecular weight excluding hydrogens is 299 g/mol. The van der Waals surface area contributed by atoms with E-state index in [0.717, 1.165) is 6.07 Å². The summed E-state index contributed by atoms with van der Waals surface area (Å²) in [5, 5.41) is 0.0295. The fourth-order valence-electron chi connectivity index (χ4n) is 1.17. The number of hydrogen-bond donors (Lipinski definition) is 0. The molecule has 0 N–H and O–H groups in total. The maximum atomic E-state index is 12.6. The molecule has 0 aromatic heterocycles. The zero-order valence-electron chi connectivity index (χ0n) is 7.69. The van der Waals surface area contributed by atoms with Gasteiger partial charge in [0.05, 0.1) is 5.56 Å². The lowest BCUT2D eigenvalue weighted by molar-refractivity contribution is -0.275. The van der Waals surface area contributed by atoms with E-state index in [2.05, 4.69) is 20.7 Å². The molecule has 0 aliphatic carbocycles. The van der Waals surface area contributed by atoms with Crippen LogP contribution in [0.4, 0.5) is 22.0 Å². The van der Waals surface area contributed by atoms with E-state index in [1.807, 2.05) is 0 Å². The lowest BCUT2D eigenvalue weighted by atomic mass is 10.1. The zero-order valence-corrected chi connectivity index (χ0v) is 9.28. The molecule has 0 aliphatic rings. The first-order chi connectivity index (χ1) is 7.35. The highest BCUT2D eigenvalue weighted by atomic mass is 79.9. The largest absolute Gasteiger partial charge is 0.573 e. The van der Waals surface area contributed by atoms with E-state index >= 15 is 0 Å². The van der Waals surface area contributed by atoms with E-state index in [0.29, 0.717) is 0 Å². The summed E-state index contributed by atoms with van der Waals surface area (Å²) in [6.07, 6.45) is -8.00. The summed E-state index contributed by atoms with van der Waals surface area (Å²) in [6, 6.07) is 3.39. The van der Waals surface area contributed by atoms with Gasteiger partial charge in [-0.25, -0.2) is 8.78 Å². The Morgan fingerprint density at radius 1 is 1.25 bits per heavy atom. The molecule has 0 saturated carbocycles. The highest BCUT2D eigenvalue weighted by molar-refractivity contribution is 9.08. The summed E-state index contributed by atoms with van der Waals surface area (Å²) in [7, 11) is 0. The summed E-state index contributed by atoms with van der Waals surface area (Å²) in [5.41, 5.74) is -0.673. The van der Waals surface area contributed by atoms with Gasteiger partial charge in [0.1, 0.15) is 5.75 Å². The summed E-state index contributed by atoms with van der Waals surface area (Å²) in [5.74, 6) is -0.862. The Balaban J connectivity index is 3.17. The van der Waals surface area contributed by atoms with E-state index in [1.54, 1.807) is 0 Å². The highest BCUT2D eigenvalue weighted by Gasteiger charge is 2.33. The van der Waals surface area contributed by atoms with Crippen LogP contribution in [0, 0.1) is 0 Å². The van der Waals surface area contributed by atoms with Crippen LogP contribution in [0.3, 0.4) is 0 Å². The first-order valence-electron chi connectivity index (χ1n) is 4.07. The van der Waals surface area contributed by atoms with Crippen molar-refractivity contribution in [3.05, 3.63) is 29.3 Å². The van der Waals surface area contributed by atoms with Gasteiger partial charge in [0, 0.05) is 5.33 Å². The predicted molar refractivity (Wildman–Crippen MR) is 50.7 cm³/mol. The van der Waals surface area contributed by atoms with Crippen LogP contribution in [0.15, 0.2) is 18.2 Å². The molecule has 0 radical (unpaired) electrons. The molecule has 0 heterocycles. The summed E-state index contributed by atoms with van der Waals surface area (Å²) >= 11 is 2.92. The molecule has 16 heavy (non-hydrogen) atoms.